The molecule has 1 rings (SSSR count). The summed E-state index contributed by atoms with van der Waals surface area (Å²) in [4.78, 5) is 10.6. The Morgan fingerprint density at radius 2 is 2.18 bits per heavy atom. The van der Waals surface area contributed by atoms with E-state index < -0.39 is 0 Å². The smallest absolute Gasteiger partial charge is 0.217 e. The summed E-state index contributed by atoms with van der Waals surface area (Å²) in [7, 11) is 0. The summed E-state index contributed by atoms with van der Waals surface area (Å²) in [5.74, 6) is -0.211. The monoisotopic (exact) mass is 234 g/mol. The predicted octanol–water partition coefficient (Wildman–Crippen LogP) is 2.30. The molecule has 0 fully saturated rings. The SMILES string of the molecule is Cc1cccc([C@@H](C)NCCCCC(N)=O)c1. The second kappa shape index (κ2) is 7.07. The third kappa shape index (κ3) is 5.50. The predicted molar refractivity (Wildman–Crippen MR) is 70.6 cm³/mol. The number of nitrogens with one attached hydrogen (secondary N) is 1. The van der Waals surface area contributed by atoms with Gasteiger partial charge in [-0.15, -0.1) is 0 Å². The third-order valence-electron chi connectivity index (χ3n) is 2.84. The number of primary amides is 1. The first kappa shape index (κ1) is 13.7. The van der Waals surface area contributed by atoms with E-state index >= 15 is 0 Å². The molecule has 0 aliphatic heterocycles. The lowest BCUT2D eigenvalue weighted by molar-refractivity contribution is -0.118. The van der Waals surface area contributed by atoms with Crippen molar-refractivity contribution in [3.8, 4) is 0 Å². The van der Waals surface area contributed by atoms with Crippen molar-refractivity contribution in [3.05, 3.63) is 35.4 Å². The topological polar surface area (TPSA) is 55.1 Å². The Kier molecular flexibility index (Phi) is 5.70. The Hall–Kier alpha value is -1.35. The van der Waals surface area contributed by atoms with Crippen LogP contribution in [0, 0.1) is 6.92 Å². The molecule has 0 unspecified atom stereocenters. The zero-order valence-electron chi connectivity index (χ0n) is 10.7. The summed E-state index contributed by atoms with van der Waals surface area (Å²) in [6.07, 6.45) is 2.34. The minimum atomic E-state index is -0.211. The normalized spacial score (nSPS) is 12.4. The van der Waals surface area contributed by atoms with Crippen LogP contribution in [0.5, 0.6) is 0 Å². The highest BCUT2D eigenvalue weighted by atomic mass is 16.1. The Labute approximate surface area is 103 Å². The second-order valence-electron chi connectivity index (χ2n) is 4.51. The lowest BCUT2D eigenvalue weighted by Crippen LogP contribution is -2.20. The Morgan fingerprint density at radius 3 is 2.82 bits per heavy atom. The summed E-state index contributed by atoms with van der Waals surface area (Å²) in [6, 6.07) is 8.86. The zero-order chi connectivity index (χ0) is 12.7. The Balaban J connectivity index is 2.25. The maximum Gasteiger partial charge on any atom is 0.217 e. The Bertz CT molecular complexity index is 363. The van der Waals surface area contributed by atoms with Crippen LogP contribution in [-0.4, -0.2) is 12.5 Å². The average Bonchev–Trinajstić information content (AvgIpc) is 2.28. The summed E-state index contributed by atoms with van der Waals surface area (Å²) in [5, 5.41) is 3.45. The maximum absolute atomic E-state index is 10.6. The van der Waals surface area contributed by atoms with E-state index in [9.17, 15) is 4.79 Å². The van der Waals surface area contributed by atoms with Gasteiger partial charge in [0.15, 0.2) is 0 Å². The number of hydrogen-bond acceptors (Lipinski definition) is 2. The fourth-order valence-corrected chi connectivity index (χ4v) is 1.80. The van der Waals surface area contributed by atoms with Crippen molar-refractivity contribution in [2.75, 3.05) is 6.54 Å². The summed E-state index contributed by atoms with van der Waals surface area (Å²) < 4.78 is 0. The minimum absolute atomic E-state index is 0.211. The summed E-state index contributed by atoms with van der Waals surface area (Å²) >= 11 is 0. The average molecular weight is 234 g/mol. The minimum Gasteiger partial charge on any atom is -0.370 e. The van der Waals surface area contributed by atoms with Crippen LogP contribution in [0.4, 0.5) is 0 Å². The molecule has 3 heteroatoms. The molecule has 3 nitrogen and oxygen atoms in total. The van der Waals surface area contributed by atoms with Gasteiger partial charge < -0.3 is 11.1 Å². The van der Waals surface area contributed by atoms with Crippen LogP contribution < -0.4 is 11.1 Å². The molecule has 0 aliphatic rings. The van der Waals surface area contributed by atoms with Gasteiger partial charge in [-0.05, 0) is 38.8 Å². The highest BCUT2D eigenvalue weighted by Gasteiger charge is 2.04. The number of carbonyl (C=O) groups excluding carboxylic acids is 1. The van der Waals surface area contributed by atoms with E-state index in [-0.39, 0.29) is 5.91 Å². The molecule has 1 aromatic carbocycles. The van der Waals surface area contributed by atoms with Gasteiger partial charge in [-0.2, -0.15) is 0 Å². The number of benzene rings is 1. The first-order valence-corrected chi connectivity index (χ1v) is 6.18. The largest absolute Gasteiger partial charge is 0.370 e. The van der Waals surface area contributed by atoms with E-state index in [0.717, 1.165) is 19.4 Å². The van der Waals surface area contributed by atoms with Gasteiger partial charge in [-0.1, -0.05) is 29.8 Å². The van der Waals surface area contributed by atoms with Crippen molar-refractivity contribution < 1.29 is 4.79 Å². The van der Waals surface area contributed by atoms with Crippen molar-refractivity contribution in [2.24, 2.45) is 5.73 Å². The molecule has 0 aromatic heterocycles. The maximum atomic E-state index is 10.6. The van der Waals surface area contributed by atoms with E-state index in [0.29, 0.717) is 12.5 Å². The number of carbonyl (C=O) groups is 1. The lowest BCUT2D eigenvalue weighted by atomic mass is 10.1. The number of rotatable bonds is 7. The van der Waals surface area contributed by atoms with Crippen molar-refractivity contribution in [1.82, 2.24) is 5.32 Å². The first-order valence-electron chi connectivity index (χ1n) is 6.18. The van der Waals surface area contributed by atoms with Gasteiger partial charge in [0.1, 0.15) is 0 Å². The van der Waals surface area contributed by atoms with E-state index in [4.69, 9.17) is 5.73 Å². The molecule has 0 saturated heterocycles. The van der Waals surface area contributed by atoms with Crippen molar-refractivity contribution >= 4 is 5.91 Å². The molecule has 3 N–H and O–H groups in total. The zero-order valence-corrected chi connectivity index (χ0v) is 10.7. The standard InChI is InChI=1S/C14H22N2O/c1-11-6-5-7-13(10-11)12(2)16-9-4-3-8-14(15)17/h5-7,10,12,16H,3-4,8-9H2,1-2H3,(H2,15,17)/t12-/m1/s1. The second-order valence-corrected chi connectivity index (χ2v) is 4.51. The molecule has 1 amide bonds. The number of nitrogens with two attached hydrogens (primary N) is 1. The van der Waals surface area contributed by atoms with Crippen LogP contribution in [0.15, 0.2) is 24.3 Å². The van der Waals surface area contributed by atoms with Crippen LogP contribution in [0.3, 0.4) is 0 Å². The molecule has 0 spiro atoms. The molecule has 0 bridgehead atoms. The van der Waals surface area contributed by atoms with Crippen molar-refractivity contribution in [1.29, 1.82) is 0 Å². The number of hydrogen-bond donors (Lipinski definition) is 2. The van der Waals surface area contributed by atoms with Gasteiger partial charge in [0.05, 0.1) is 0 Å². The third-order valence-corrected chi connectivity index (χ3v) is 2.84. The molecule has 0 radical (unpaired) electrons. The van der Waals surface area contributed by atoms with Crippen molar-refractivity contribution in [2.45, 2.75) is 39.2 Å². The molecule has 0 heterocycles. The van der Waals surface area contributed by atoms with Crippen LogP contribution >= 0.6 is 0 Å². The molecular weight excluding hydrogens is 212 g/mol. The van der Waals surface area contributed by atoms with Crippen LogP contribution in [0.2, 0.25) is 0 Å². The number of unbranched alkanes of at least 4 members (excludes halogenated alkanes) is 1. The first-order chi connectivity index (χ1) is 8.09. The molecule has 17 heavy (non-hydrogen) atoms. The van der Waals surface area contributed by atoms with Crippen molar-refractivity contribution in [3.63, 3.8) is 0 Å². The van der Waals surface area contributed by atoms with Gasteiger partial charge in [0.25, 0.3) is 0 Å². The molecule has 1 atom stereocenters. The van der Waals surface area contributed by atoms with Gasteiger partial charge >= 0.3 is 0 Å². The van der Waals surface area contributed by atoms with Crippen LogP contribution in [-0.2, 0) is 4.79 Å². The lowest BCUT2D eigenvalue weighted by Gasteiger charge is -2.14. The van der Waals surface area contributed by atoms with Gasteiger partial charge in [-0.25, -0.2) is 0 Å². The van der Waals surface area contributed by atoms with Gasteiger partial charge in [-0.3, -0.25) is 4.79 Å². The molecule has 0 saturated carbocycles. The van der Waals surface area contributed by atoms with E-state index in [2.05, 4.69) is 43.4 Å². The fraction of sp³-hybridized carbons (Fsp3) is 0.500. The van der Waals surface area contributed by atoms with Crippen LogP contribution in [0.25, 0.3) is 0 Å². The van der Waals surface area contributed by atoms with E-state index in [1.165, 1.54) is 11.1 Å². The summed E-state index contributed by atoms with van der Waals surface area (Å²) in [5.41, 5.74) is 7.67. The number of aryl methyl sites for hydroxylation is 1. The quantitative estimate of drug-likeness (QED) is 0.711. The van der Waals surface area contributed by atoms with Gasteiger partial charge in [0.2, 0.25) is 5.91 Å². The highest BCUT2D eigenvalue weighted by molar-refractivity contribution is 5.73. The summed E-state index contributed by atoms with van der Waals surface area (Å²) in [6.45, 7) is 5.17. The highest BCUT2D eigenvalue weighted by Crippen LogP contribution is 2.13. The fourth-order valence-electron chi connectivity index (χ4n) is 1.80. The Morgan fingerprint density at radius 1 is 1.41 bits per heavy atom. The van der Waals surface area contributed by atoms with E-state index in [1.807, 2.05) is 0 Å². The van der Waals surface area contributed by atoms with Gasteiger partial charge in [0, 0.05) is 12.5 Å². The van der Waals surface area contributed by atoms with E-state index in [1.54, 1.807) is 0 Å². The molecular formula is C14H22N2O. The molecule has 1 aromatic rings. The number of amides is 1. The molecule has 94 valence electrons. The molecule has 0 aliphatic carbocycles. The van der Waals surface area contributed by atoms with Crippen LogP contribution in [0.1, 0.15) is 43.4 Å².